The predicted octanol–water partition coefficient (Wildman–Crippen LogP) is 2.44. The summed E-state index contributed by atoms with van der Waals surface area (Å²) < 4.78 is 0. The van der Waals surface area contributed by atoms with Gasteiger partial charge in [0.2, 0.25) is 0 Å². The van der Waals surface area contributed by atoms with Gasteiger partial charge < -0.3 is 10.0 Å². The van der Waals surface area contributed by atoms with Crippen LogP contribution in [-0.4, -0.2) is 33.7 Å². The molecule has 0 aliphatic carbocycles. The number of rotatable bonds is 4. The first-order valence-electron chi connectivity index (χ1n) is 8.05. The van der Waals surface area contributed by atoms with Crippen LogP contribution in [0.2, 0.25) is 0 Å². The highest BCUT2D eigenvalue weighted by Crippen LogP contribution is 2.32. The Morgan fingerprint density at radius 2 is 1.96 bits per heavy atom. The van der Waals surface area contributed by atoms with Crippen molar-refractivity contribution in [3.63, 3.8) is 0 Å². The number of non-ortho nitro benzene ring substituents is 1. The zero-order chi connectivity index (χ0) is 17.9. The zero-order valence-electron chi connectivity index (χ0n) is 13.6. The van der Waals surface area contributed by atoms with Crippen LogP contribution < -0.4 is 4.90 Å². The lowest BCUT2D eigenvalue weighted by Gasteiger charge is -2.39. The third kappa shape index (κ3) is 3.75. The first-order chi connectivity index (χ1) is 12.0. The van der Waals surface area contributed by atoms with Crippen LogP contribution in [0.1, 0.15) is 24.0 Å². The van der Waals surface area contributed by atoms with Gasteiger partial charge in [-0.25, -0.2) is 0 Å². The second-order valence-corrected chi connectivity index (χ2v) is 6.31. The molecule has 0 unspecified atom stereocenters. The quantitative estimate of drug-likeness (QED) is 0.678. The molecule has 1 N–H and O–H groups in total. The van der Waals surface area contributed by atoms with E-state index in [1.807, 2.05) is 23.1 Å². The Hall–Kier alpha value is -2.98. The predicted molar refractivity (Wildman–Crippen MR) is 92.1 cm³/mol. The third-order valence-corrected chi connectivity index (χ3v) is 4.63. The van der Waals surface area contributed by atoms with Crippen molar-refractivity contribution in [1.82, 2.24) is 4.98 Å². The van der Waals surface area contributed by atoms with Gasteiger partial charge in [0.25, 0.3) is 5.69 Å². The summed E-state index contributed by atoms with van der Waals surface area (Å²) in [5.41, 5.74) is 1.13. The standard InChI is InChI=1S/C18H18N4O3/c19-13-15-11-16(22(24)25)1-2-17(15)21-9-5-18(23,6-10-21)12-14-3-7-20-8-4-14/h1-4,7-8,11,23H,5-6,9-10,12H2. The molecule has 0 spiro atoms. The van der Waals surface area contributed by atoms with Gasteiger partial charge in [0.05, 0.1) is 21.8 Å². The fourth-order valence-corrected chi connectivity index (χ4v) is 3.22. The number of pyridine rings is 1. The molecular weight excluding hydrogens is 320 g/mol. The zero-order valence-corrected chi connectivity index (χ0v) is 13.6. The van der Waals surface area contributed by atoms with E-state index in [-0.39, 0.29) is 11.3 Å². The number of nitro groups is 1. The third-order valence-electron chi connectivity index (χ3n) is 4.63. The SMILES string of the molecule is N#Cc1cc([N+](=O)[O-])ccc1N1CCC(O)(Cc2ccncc2)CC1. The largest absolute Gasteiger partial charge is 0.389 e. The fraction of sp³-hybridized carbons (Fsp3) is 0.333. The molecule has 0 atom stereocenters. The molecule has 1 aliphatic heterocycles. The normalized spacial score (nSPS) is 16.2. The molecule has 1 aromatic heterocycles. The van der Waals surface area contributed by atoms with Gasteiger partial charge in [-0.15, -0.1) is 0 Å². The molecule has 25 heavy (non-hydrogen) atoms. The minimum atomic E-state index is -0.786. The topological polar surface area (TPSA) is 103 Å². The lowest BCUT2D eigenvalue weighted by molar-refractivity contribution is -0.384. The highest BCUT2D eigenvalue weighted by Gasteiger charge is 2.33. The number of aromatic nitrogens is 1. The number of anilines is 1. The lowest BCUT2D eigenvalue weighted by Crippen LogP contribution is -2.46. The van der Waals surface area contributed by atoms with E-state index in [1.54, 1.807) is 18.5 Å². The average molecular weight is 338 g/mol. The Morgan fingerprint density at radius 3 is 2.56 bits per heavy atom. The van der Waals surface area contributed by atoms with E-state index >= 15 is 0 Å². The van der Waals surface area contributed by atoms with Crippen molar-refractivity contribution in [2.75, 3.05) is 18.0 Å². The van der Waals surface area contributed by atoms with E-state index in [2.05, 4.69) is 4.98 Å². The van der Waals surface area contributed by atoms with Crippen molar-refractivity contribution in [1.29, 1.82) is 5.26 Å². The van der Waals surface area contributed by atoms with Gasteiger partial charge in [-0.05, 0) is 36.6 Å². The van der Waals surface area contributed by atoms with Crippen LogP contribution in [-0.2, 0) is 6.42 Å². The van der Waals surface area contributed by atoms with Gasteiger partial charge in [-0.2, -0.15) is 5.26 Å². The summed E-state index contributed by atoms with van der Waals surface area (Å²) in [5, 5.41) is 31.0. The van der Waals surface area contributed by atoms with Crippen molar-refractivity contribution < 1.29 is 10.0 Å². The van der Waals surface area contributed by atoms with E-state index < -0.39 is 10.5 Å². The molecule has 0 saturated carbocycles. The Balaban J connectivity index is 1.72. The smallest absolute Gasteiger partial charge is 0.270 e. The Bertz CT molecular complexity index is 809. The van der Waals surface area contributed by atoms with Gasteiger partial charge in [0.15, 0.2) is 0 Å². The minimum absolute atomic E-state index is 0.0912. The summed E-state index contributed by atoms with van der Waals surface area (Å²) in [7, 11) is 0. The van der Waals surface area contributed by atoms with Crippen molar-refractivity contribution in [3.8, 4) is 6.07 Å². The Morgan fingerprint density at radius 1 is 1.28 bits per heavy atom. The number of hydrogen-bond acceptors (Lipinski definition) is 6. The molecule has 0 radical (unpaired) electrons. The minimum Gasteiger partial charge on any atom is -0.389 e. The number of nitro benzene ring substituents is 1. The number of benzene rings is 1. The molecule has 0 bridgehead atoms. The van der Waals surface area contributed by atoms with Gasteiger partial charge in [0, 0.05) is 44.0 Å². The van der Waals surface area contributed by atoms with Gasteiger partial charge in [0.1, 0.15) is 6.07 Å². The van der Waals surface area contributed by atoms with Gasteiger partial charge >= 0.3 is 0 Å². The van der Waals surface area contributed by atoms with Crippen LogP contribution in [0.4, 0.5) is 11.4 Å². The molecule has 1 fully saturated rings. The summed E-state index contributed by atoms with van der Waals surface area (Å²) in [6, 6.07) is 10.2. The van der Waals surface area contributed by atoms with E-state index in [0.717, 1.165) is 5.56 Å². The molecular formula is C18H18N4O3. The molecule has 0 amide bonds. The molecule has 1 aliphatic rings. The van der Waals surface area contributed by atoms with E-state index in [4.69, 9.17) is 0 Å². The second-order valence-electron chi connectivity index (χ2n) is 6.31. The molecule has 1 aromatic carbocycles. The number of hydrogen-bond donors (Lipinski definition) is 1. The number of nitriles is 1. The first-order valence-corrected chi connectivity index (χ1v) is 8.05. The molecule has 7 heteroatoms. The van der Waals surface area contributed by atoms with E-state index in [9.17, 15) is 20.5 Å². The first kappa shape index (κ1) is 16.9. The molecule has 2 heterocycles. The second kappa shape index (κ2) is 6.87. The number of piperidine rings is 1. The highest BCUT2D eigenvalue weighted by molar-refractivity contribution is 5.63. The molecule has 2 aromatic rings. The fourth-order valence-electron chi connectivity index (χ4n) is 3.22. The summed E-state index contributed by atoms with van der Waals surface area (Å²) in [4.78, 5) is 16.3. The van der Waals surface area contributed by atoms with Crippen LogP contribution in [0.5, 0.6) is 0 Å². The molecule has 7 nitrogen and oxygen atoms in total. The van der Waals surface area contributed by atoms with Gasteiger partial charge in [-0.3, -0.25) is 15.1 Å². The van der Waals surface area contributed by atoms with E-state index in [0.29, 0.717) is 38.0 Å². The molecule has 128 valence electrons. The molecule has 3 rings (SSSR count). The maximum Gasteiger partial charge on any atom is 0.270 e. The van der Waals surface area contributed by atoms with Crippen molar-refractivity contribution in [3.05, 3.63) is 64.0 Å². The summed E-state index contributed by atoms with van der Waals surface area (Å²) in [6.07, 6.45) is 5.12. The van der Waals surface area contributed by atoms with Crippen LogP contribution in [0.25, 0.3) is 0 Å². The maximum absolute atomic E-state index is 10.9. The summed E-state index contributed by atoms with van der Waals surface area (Å²) >= 11 is 0. The summed E-state index contributed by atoms with van der Waals surface area (Å²) in [5.74, 6) is 0. The van der Waals surface area contributed by atoms with Crippen molar-refractivity contribution >= 4 is 11.4 Å². The Labute approximate surface area is 145 Å². The van der Waals surface area contributed by atoms with Crippen molar-refractivity contribution in [2.45, 2.75) is 24.9 Å². The van der Waals surface area contributed by atoms with Crippen LogP contribution in [0.15, 0.2) is 42.7 Å². The lowest BCUT2D eigenvalue weighted by atomic mass is 9.85. The van der Waals surface area contributed by atoms with Crippen LogP contribution in [0, 0.1) is 21.4 Å². The number of aliphatic hydroxyl groups is 1. The van der Waals surface area contributed by atoms with Crippen molar-refractivity contribution in [2.24, 2.45) is 0 Å². The highest BCUT2D eigenvalue weighted by atomic mass is 16.6. The Kier molecular flexibility index (Phi) is 4.63. The number of nitrogens with zero attached hydrogens (tertiary/aromatic N) is 4. The van der Waals surface area contributed by atoms with Crippen LogP contribution in [0.3, 0.4) is 0 Å². The molecule has 1 saturated heterocycles. The van der Waals surface area contributed by atoms with Gasteiger partial charge in [-0.1, -0.05) is 0 Å². The monoisotopic (exact) mass is 338 g/mol. The average Bonchev–Trinajstić information content (AvgIpc) is 2.62. The summed E-state index contributed by atoms with van der Waals surface area (Å²) in [6.45, 7) is 1.18. The van der Waals surface area contributed by atoms with E-state index in [1.165, 1.54) is 12.1 Å². The van der Waals surface area contributed by atoms with Crippen LogP contribution >= 0.6 is 0 Å². The maximum atomic E-state index is 10.9.